The van der Waals surface area contributed by atoms with Crippen molar-refractivity contribution in [3.63, 3.8) is 0 Å². The molecular weight excluding hydrogens is 358 g/mol. The third-order valence-corrected chi connectivity index (χ3v) is 5.07. The highest BCUT2D eigenvalue weighted by Crippen LogP contribution is 2.28. The first kappa shape index (κ1) is 17.2. The summed E-state index contributed by atoms with van der Waals surface area (Å²) in [7, 11) is 0. The number of morpholine rings is 1. The minimum atomic E-state index is -0.0357. The number of nitrogens with zero attached hydrogens (tertiary/aromatic N) is 4. The number of ether oxygens (including phenoxy) is 1. The maximum atomic E-state index is 11.6. The molecule has 5 rings (SSSR count). The maximum absolute atomic E-state index is 11.6. The molecule has 0 unspecified atom stereocenters. The van der Waals surface area contributed by atoms with Crippen molar-refractivity contribution in [2.75, 3.05) is 37.0 Å². The molecule has 0 spiro atoms. The summed E-state index contributed by atoms with van der Waals surface area (Å²) in [6.07, 6.45) is 6.38. The van der Waals surface area contributed by atoms with Gasteiger partial charge in [-0.3, -0.25) is 4.79 Å². The van der Waals surface area contributed by atoms with Crippen molar-refractivity contribution in [1.82, 2.24) is 24.9 Å². The van der Waals surface area contributed by atoms with E-state index in [0.29, 0.717) is 31.4 Å². The Hall–Kier alpha value is -2.91. The monoisotopic (exact) mass is 381 g/mol. The molecule has 4 heterocycles. The van der Waals surface area contributed by atoms with Gasteiger partial charge < -0.3 is 20.8 Å². The van der Waals surface area contributed by atoms with Crippen LogP contribution in [0.1, 0.15) is 24.8 Å². The fourth-order valence-corrected chi connectivity index (χ4v) is 3.41. The number of hydrogen-bond donors (Lipinski definition) is 3. The summed E-state index contributed by atoms with van der Waals surface area (Å²) >= 11 is 0. The zero-order valence-electron chi connectivity index (χ0n) is 15.6. The van der Waals surface area contributed by atoms with Crippen molar-refractivity contribution in [2.24, 2.45) is 0 Å². The van der Waals surface area contributed by atoms with Crippen LogP contribution in [-0.2, 0) is 9.53 Å². The normalized spacial score (nSPS) is 22.1. The number of allylic oxidation sites excluding steroid dienone is 1. The number of carbonyl (C=O) groups excluding carboxylic acids is 1. The molecule has 146 valence electrons. The molecule has 1 aliphatic carbocycles. The van der Waals surface area contributed by atoms with Crippen LogP contribution < -0.4 is 16.1 Å². The Bertz CT molecular complexity index is 970. The smallest absolute Gasteiger partial charge is 0.228 e. The summed E-state index contributed by atoms with van der Waals surface area (Å²) in [5, 5.41) is 12.9. The van der Waals surface area contributed by atoms with E-state index in [9.17, 15) is 4.79 Å². The van der Waals surface area contributed by atoms with E-state index in [2.05, 4.69) is 32.7 Å². The SMILES string of the molecule is C=C1NC(=O)C/C1=C\c1cnn2c(NC3CC3)cc(NN3CCOCC3)nc12. The number of aromatic nitrogens is 3. The van der Waals surface area contributed by atoms with Crippen molar-refractivity contribution < 1.29 is 9.53 Å². The molecule has 3 aliphatic rings. The summed E-state index contributed by atoms with van der Waals surface area (Å²) < 4.78 is 7.24. The fourth-order valence-electron chi connectivity index (χ4n) is 3.41. The number of hydrazine groups is 1. The van der Waals surface area contributed by atoms with E-state index in [1.807, 2.05) is 16.7 Å². The van der Waals surface area contributed by atoms with E-state index in [0.717, 1.165) is 41.5 Å². The maximum Gasteiger partial charge on any atom is 0.228 e. The van der Waals surface area contributed by atoms with Crippen molar-refractivity contribution in [3.05, 3.63) is 35.7 Å². The van der Waals surface area contributed by atoms with Gasteiger partial charge in [-0.25, -0.2) is 9.99 Å². The van der Waals surface area contributed by atoms with Gasteiger partial charge in [0.05, 0.1) is 25.8 Å². The molecule has 9 heteroatoms. The van der Waals surface area contributed by atoms with Gasteiger partial charge in [-0.15, -0.1) is 0 Å². The lowest BCUT2D eigenvalue weighted by molar-refractivity contribution is -0.118. The molecule has 0 aromatic carbocycles. The fraction of sp³-hybridized carbons (Fsp3) is 0.421. The van der Waals surface area contributed by atoms with Gasteiger partial charge in [0.25, 0.3) is 0 Å². The largest absolute Gasteiger partial charge is 0.379 e. The predicted molar refractivity (Wildman–Crippen MR) is 106 cm³/mol. The average molecular weight is 381 g/mol. The number of hydrogen-bond acceptors (Lipinski definition) is 7. The minimum Gasteiger partial charge on any atom is -0.379 e. The van der Waals surface area contributed by atoms with Crippen LogP contribution in [0.2, 0.25) is 0 Å². The topological polar surface area (TPSA) is 95.8 Å². The van der Waals surface area contributed by atoms with Crippen LogP contribution in [0.5, 0.6) is 0 Å². The van der Waals surface area contributed by atoms with Gasteiger partial charge in [-0.1, -0.05) is 6.58 Å². The first-order chi connectivity index (χ1) is 13.7. The Morgan fingerprint density at radius 2 is 2.14 bits per heavy atom. The minimum absolute atomic E-state index is 0.0357. The summed E-state index contributed by atoms with van der Waals surface area (Å²) in [5.74, 6) is 1.64. The Morgan fingerprint density at radius 3 is 2.86 bits per heavy atom. The zero-order valence-corrected chi connectivity index (χ0v) is 15.6. The van der Waals surface area contributed by atoms with Crippen LogP contribution in [0, 0.1) is 0 Å². The van der Waals surface area contributed by atoms with Gasteiger partial charge in [0.2, 0.25) is 5.91 Å². The van der Waals surface area contributed by atoms with E-state index in [4.69, 9.17) is 9.72 Å². The lowest BCUT2D eigenvalue weighted by atomic mass is 10.1. The Kier molecular flexibility index (Phi) is 4.25. The number of nitrogens with one attached hydrogen (secondary N) is 3. The molecule has 0 bridgehead atoms. The molecule has 3 N–H and O–H groups in total. The lowest BCUT2D eigenvalue weighted by Crippen LogP contribution is -2.40. The number of anilines is 2. The molecule has 0 atom stereocenters. The highest BCUT2D eigenvalue weighted by Gasteiger charge is 2.24. The number of rotatable bonds is 5. The molecule has 1 saturated carbocycles. The quantitative estimate of drug-likeness (QED) is 0.720. The first-order valence-electron chi connectivity index (χ1n) is 9.60. The van der Waals surface area contributed by atoms with Gasteiger partial charge in [0.1, 0.15) is 11.6 Å². The van der Waals surface area contributed by atoms with Crippen LogP contribution >= 0.6 is 0 Å². The summed E-state index contributed by atoms with van der Waals surface area (Å²) in [4.78, 5) is 16.4. The van der Waals surface area contributed by atoms with Crippen molar-refractivity contribution in [1.29, 1.82) is 0 Å². The molecule has 0 radical (unpaired) electrons. The van der Waals surface area contributed by atoms with Crippen LogP contribution in [0.25, 0.3) is 11.7 Å². The molecule has 9 nitrogen and oxygen atoms in total. The third-order valence-electron chi connectivity index (χ3n) is 5.07. The van der Waals surface area contributed by atoms with Gasteiger partial charge >= 0.3 is 0 Å². The molecular formula is C19H23N7O2. The number of fused-ring (bicyclic) bond motifs is 1. The van der Waals surface area contributed by atoms with E-state index in [-0.39, 0.29) is 5.91 Å². The molecule has 3 fully saturated rings. The van der Waals surface area contributed by atoms with Crippen LogP contribution in [-0.4, -0.2) is 57.9 Å². The Morgan fingerprint density at radius 1 is 1.32 bits per heavy atom. The van der Waals surface area contributed by atoms with Crippen molar-refractivity contribution >= 4 is 29.3 Å². The second-order valence-electron chi connectivity index (χ2n) is 7.36. The number of amides is 1. The second-order valence-corrected chi connectivity index (χ2v) is 7.36. The van der Waals surface area contributed by atoms with E-state index in [1.54, 1.807) is 6.20 Å². The van der Waals surface area contributed by atoms with E-state index >= 15 is 0 Å². The van der Waals surface area contributed by atoms with Crippen LogP contribution in [0.15, 0.2) is 30.1 Å². The van der Waals surface area contributed by atoms with Gasteiger partial charge in [-0.2, -0.15) is 9.61 Å². The van der Waals surface area contributed by atoms with Crippen molar-refractivity contribution in [2.45, 2.75) is 25.3 Å². The molecule has 2 aromatic rings. The highest BCUT2D eigenvalue weighted by atomic mass is 16.5. The lowest BCUT2D eigenvalue weighted by Gasteiger charge is -2.27. The Balaban J connectivity index is 1.52. The van der Waals surface area contributed by atoms with Crippen LogP contribution in [0.3, 0.4) is 0 Å². The zero-order chi connectivity index (χ0) is 19.1. The molecule has 28 heavy (non-hydrogen) atoms. The van der Waals surface area contributed by atoms with Gasteiger partial charge in [0.15, 0.2) is 5.65 Å². The van der Waals surface area contributed by atoms with E-state index < -0.39 is 0 Å². The van der Waals surface area contributed by atoms with Gasteiger partial charge in [0, 0.05) is 36.5 Å². The van der Waals surface area contributed by atoms with E-state index in [1.165, 1.54) is 12.8 Å². The molecule has 2 saturated heterocycles. The predicted octanol–water partition coefficient (Wildman–Crippen LogP) is 1.38. The van der Waals surface area contributed by atoms with Gasteiger partial charge in [-0.05, 0) is 24.5 Å². The van der Waals surface area contributed by atoms with Crippen LogP contribution in [0.4, 0.5) is 11.6 Å². The molecule has 2 aliphatic heterocycles. The summed E-state index contributed by atoms with van der Waals surface area (Å²) in [6, 6.07) is 2.48. The second kappa shape index (κ2) is 6.92. The molecule has 1 amide bonds. The Labute approximate surface area is 162 Å². The summed E-state index contributed by atoms with van der Waals surface area (Å²) in [5.41, 5.74) is 6.49. The summed E-state index contributed by atoms with van der Waals surface area (Å²) in [6.45, 7) is 6.94. The third kappa shape index (κ3) is 3.46. The molecule has 2 aromatic heterocycles. The first-order valence-corrected chi connectivity index (χ1v) is 9.60. The number of carbonyl (C=O) groups is 1. The average Bonchev–Trinajstić information content (AvgIpc) is 3.32. The standard InChI is InChI=1S/C19H23N7O2/c1-12-13(9-18(27)21-12)8-14-11-20-26-17(22-15-2-3-15)10-16(23-19(14)26)24-25-4-6-28-7-5-25/h8,10-11,15,22H,1-7,9H2,(H,21,27)(H,23,24)/b13-8+. The highest BCUT2D eigenvalue weighted by molar-refractivity contribution is 5.89. The van der Waals surface area contributed by atoms with Crippen molar-refractivity contribution in [3.8, 4) is 0 Å².